The first-order valence-electron chi connectivity index (χ1n) is 10.2. The number of hydrogen-bond donors (Lipinski definition) is 1. The number of aromatic nitrogens is 3. The number of amides is 1. The van der Waals surface area contributed by atoms with Crippen LogP contribution in [0.4, 0.5) is 0 Å². The Morgan fingerprint density at radius 1 is 0.938 bits per heavy atom. The number of carbonyl (C=O) groups excluding carboxylic acids is 1. The van der Waals surface area contributed by atoms with Crippen LogP contribution in [0.1, 0.15) is 22.9 Å². The third-order valence-corrected chi connectivity index (χ3v) is 5.79. The van der Waals surface area contributed by atoms with Crippen molar-refractivity contribution in [2.75, 3.05) is 13.4 Å². The molecule has 3 aromatic carbocycles. The zero-order valence-electron chi connectivity index (χ0n) is 17.9. The van der Waals surface area contributed by atoms with Gasteiger partial charge in [-0.15, -0.1) is 10.2 Å². The summed E-state index contributed by atoms with van der Waals surface area (Å²) < 4.78 is 7.21. The van der Waals surface area contributed by atoms with Gasteiger partial charge in [-0.2, -0.15) is 0 Å². The Bertz CT molecular complexity index is 1120. The van der Waals surface area contributed by atoms with Crippen LogP contribution in [0.15, 0.2) is 90.1 Å². The molecular formula is C25H24N4O2S. The molecule has 32 heavy (non-hydrogen) atoms. The lowest BCUT2D eigenvalue weighted by Gasteiger charge is -2.18. The number of nitrogens with one attached hydrogen (secondary N) is 1. The summed E-state index contributed by atoms with van der Waals surface area (Å²) in [5.41, 5.74) is 2.79. The van der Waals surface area contributed by atoms with Gasteiger partial charge in [0, 0.05) is 5.69 Å². The molecule has 0 aliphatic rings. The molecule has 0 aliphatic carbocycles. The van der Waals surface area contributed by atoms with Crippen LogP contribution < -0.4 is 10.1 Å². The molecule has 1 amide bonds. The molecule has 0 unspecified atom stereocenters. The average Bonchev–Trinajstić information content (AvgIpc) is 3.27. The minimum absolute atomic E-state index is 0.0858. The Morgan fingerprint density at radius 2 is 1.53 bits per heavy atom. The summed E-state index contributed by atoms with van der Waals surface area (Å²) in [6.07, 6.45) is 1.95. The topological polar surface area (TPSA) is 69.0 Å². The molecule has 0 saturated carbocycles. The number of methoxy groups -OCH3 is 1. The van der Waals surface area contributed by atoms with E-state index in [0.717, 1.165) is 27.7 Å². The summed E-state index contributed by atoms with van der Waals surface area (Å²) in [6.45, 7) is 0.259. The largest absolute Gasteiger partial charge is 0.497 e. The molecular weight excluding hydrogens is 420 g/mol. The standard InChI is InChI=1S/C25H24N4O2S/c1-31-21-15-13-20(14-16-21)29-22(27-28-25(29)32-2)17-26-24(30)23(18-9-5-3-6-10-18)19-11-7-4-8-12-19/h3-16,23H,17H2,1-2H3,(H,26,30). The highest BCUT2D eigenvalue weighted by Crippen LogP contribution is 2.26. The smallest absolute Gasteiger partial charge is 0.232 e. The molecule has 7 heteroatoms. The second-order valence-electron chi connectivity index (χ2n) is 7.11. The number of rotatable bonds is 8. The number of hydrogen-bond acceptors (Lipinski definition) is 5. The van der Waals surface area contributed by atoms with E-state index in [1.54, 1.807) is 7.11 Å². The normalized spacial score (nSPS) is 10.8. The van der Waals surface area contributed by atoms with E-state index in [0.29, 0.717) is 5.82 Å². The van der Waals surface area contributed by atoms with Gasteiger partial charge >= 0.3 is 0 Å². The summed E-state index contributed by atoms with van der Waals surface area (Å²) in [6, 6.07) is 27.3. The average molecular weight is 445 g/mol. The fourth-order valence-electron chi connectivity index (χ4n) is 3.59. The lowest BCUT2D eigenvalue weighted by Crippen LogP contribution is -2.30. The SMILES string of the molecule is COc1ccc(-n2c(CNC(=O)C(c3ccccc3)c3ccccc3)nnc2SC)cc1. The van der Waals surface area contributed by atoms with Crippen LogP contribution in [0.5, 0.6) is 5.75 Å². The molecule has 0 atom stereocenters. The molecule has 162 valence electrons. The van der Waals surface area contributed by atoms with Crippen LogP contribution in [0, 0.1) is 0 Å². The molecule has 0 radical (unpaired) electrons. The molecule has 0 bridgehead atoms. The lowest BCUT2D eigenvalue weighted by molar-refractivity contribution is -0.121. The van der Waals surface area contributed by atoms with E-state index in [2.05, 4.69) is 15.5 Å². The quantitative estimate of drug-likeness (QED) is 0.407. The molecule has 1 N–H and O–H groups in total. The van der Waals surface area contributed by atoms with Gasteiger partial charge in [-0.3, -0.25) is 9.36 Å². The van der Waals surface area contributed by atoms with Crippen molar-refractivity contribution < 1.29 is 9.53 Å². The van der Waals surface area contributed by atoms with E-state index >= 15 is 0 Å². The van der Waals surface area contributed by atoms with Gasteiger partial charge in [0.1, 0.15) is 5.75 Å². The Kier molecular flexibility index (Phi) is 6.87. The highest BCUT2D eigenvalue weighted by atomic mass is 32.2. The van der Waals surface area contributed by atoms with Crippen LogP contribution in [0.3, 0.4) is 0 Å². The van der Waals surface area contributed by atoms with Crippen molar-refractivity contribution in [1.82, 2.24) is 20.1 Å². The van der Waals surface area contributed by atoms with Crippen molar-refractivity contribution in [2.24, 2.45) is 0 Å². The molecule has 0 aliphatic heterocycles. The van der Waals surface area contributed by atoms with Crippen molar-refractivity contribution in [3.63, 3.8) is 0 Å². The molecule has 6 nitrogen and oxygen atoms in total. The van der Waals surface area contributed by atoms with Crippen molar-refractivity contribution in [3.8, 4) is 11.4 Å². The van der Waals surface area contributed by atoms with Crippen LogP contribution in [0.2, 0.25) is 0 Å². The van der Waals surface area contributed by atoms with Crippen LogP contribution in [-0.4, -0.2) is 34.0 Å². The van der Waals surface area contributed by atoms with E-state index in [1.807, 2.05) is 95.8 Å². The van der Waals surface area contributed by atoms with Crippen molar-refractivity contribution in [3.05, 3.63) is 102 Å². The Morgan fingerprint density at radius 3 is 2.06 bits per heavy atom. The molecule has 0 saturated heterocycles. The fraction of sp³-hybridized carbons (Fsp3) is 0.160. The first kappa shape index (κ1) is 21.6. The van der Waals surface area contributed by atoms with E-state index in [1.165, 1.54) is 11.8 Å². The molecule has 1 heterocycles. The van der Waals surface area contributed by atoms with Crippen molar-refractivity contribution >= 4 is 17.7 Å². The number of ether oxygens (including phenoxy) is 1. The second kappa shape index (κ2) is 10.2. The predicted molar refractivity (Wildman–Crippen MR) is 126 cm³/mol. The number of carbonyl (C=O) groups is 1. The van der Waals surface area contributed by atoms with Gasteiger partial charge in [0.25, 0.3) is 0 Å². The molecule has 4 aromatic rings. The highest BCUT2D eigenvalue weighted by Gasteiger charge is 2.23. The van der Waals surface area contributed by atoms with Gasteiger partial charge in [0.2, 0.25) is 5.91 Å². The lowest BCUT2D eigenvalue weighted by atomic mass is 9.90. The van der Waals surface area contributed by atoms with Crippen LogP contribution >= 0.6 is 11.8 Å². The maximum Gasteiger partial charge on any atom is 0.232 e. The maximum atomic E-state index is 13.3. The van der Waals surface area contributed by atoms with Gasteiger partial charge in [-0.1, -0.05) is 72.4 Å². The van der Waals surface area contributed by atoms with E-state index in [4.69, 9.17) is 4.74 Å². The van der Waals surface area contributed by atoms with Crippen molar-refractivity contribution in [2.45, 2.75) is 17.6 Å². The molecule has 0 spiro atoms. The Labute approximate surface area is 191 Å². The molecule has 0 fully saturated rings. The van der Waals surface area contributed by atoms with E-state index < -0.39 is 5.92 Å². The Hall–Kier alpha value is -3.58. The monoisotopic (exact) mass is 444 g/mol. The molecule has 4 rings (SSSR count). The van der Waals surface area contributed by atoms with Gasteiger partial charge in [-0.25, -0.2) is 0 Å². The Balaban J connectivity index is 1.59. The zero-order chi connectivity index (χ0) is 22.3. The zero-order valence-corrected chi connectivity index (χ0v) is 18.8. The third kappa shape index (κ3) is 4.68. The van der Waals surface area contributed by atoms with Gasteiger partial charge in [-0.05, 0) is 41.6 Å². The fourth-order valence-corrected chi connectivity index (χ4v) is 4.11. The summed E-state index contributed by atoms with van der Waals surface area (Å²) in [5.74, 6) is 0.941. The third-order valence-electron chi connectivity index (χ3n) is 5.16. The van der Waals surface area contributed by atoms with Crippen LogP contribution in [0.25, 0.3) is 5.69 Å². The minimum Gasteiger partial charge on any atom is -0.497 e. The van der Waals surface area contributed by atoms with E-state index in [-0.39, 0.29) is 12.5 Å². The first-order valence-corrected chi connectivity index (χ1v) is 11.4. The maximum absolute atomic E-state index is 13.3. The van der Waals surface area contributed by atoms with Crippen LogP contribution in [-0.2, 0) is 11.3 Å². The van der Waals surface area contributed by atoms with E-state index in [9.17, 15) is 4.79 Å². The summed E-state index contributed by atoms with van der Waals surface area (Å²) in [4.78, 5) is 13.3. The van der Waals surface area contributed by atoms with Gasteiger partial charge in [0.15, 0.2) is 11.0 Å². The van der Waals surface area contributed by atoms with Gasteiger partial charge in [0.05, 0.1) is 19.6 Å². The summed E-state index contributed by atoms with van der Waals surface area (Å²) in [5, 5.41) is 12.4. The summed E-state index contributed by atoms with van der Waals surface area (Å²) >= 11 is 1.50. The number of thioether (sulfide) groups is 1. The first-order chi connectivity index (χ1) is 15.7. The number of benzene rings is 3. The van der Waals surface area contributed by atoms with Gasteiger partial charge < -0.3 is 10.1 Å². The second-order valence-corrected chi connectivity index (χ2v) is 7.88. The molecule has 1 aromatic heterocycles. The summed E-state index contributed by atoms with van der Waals surface area (Å²) in [7, 11) is 1.64. The number of nitrogens with zero attached hydrogens (tertiary/aromatic N) is 3. The highest BCUT2D eigenvalue weighted by molar-refractivity contribution is 7.98. The minimum atomic E-state index is -0.408. The van der Waals surface area contributed by atoms with Crippen molar-refractivity contribution in [1.29, 1.82) is 0 Å². The predicted octanol–water partition coefficient (Wildman–Crippen LogP) is 4.45.